The SMILES string of the molecule is CO[C@@H]1CC(c2ncc[nH]2)N(C(=O)c2cnn(-c3ccccc3)c2)C1. The van der Waals surface area contributed by atoms with Crippen LogP contribution in [0.3, 0.4) is 0 Å². The van der Waals surface area contributed by atoms with Crippen molar-refractivity contribution in [3.05, 3.63) is 66.5 Å². The molecule has 0 bridgehead atoms. The summed E-state index contributed by atoms with van der Waals surface area (Å²) in [5.41, 5.74) is 1.47. The minimum atomic E-state index is -0.118. The molecular formula is C18H19N5O2. The molecule has 3 heterocycles. The molecular weight excluding hydrogens is 318 g/mol. The molecule has 25 heavy (non-hydrogen) atoms. The highest BCUT2D eigenvalue weighted by Gasteiger charge is 2.38. The van der Waals surface area contributed by atoms with Crippen LogP contribution in [0, 0.1) is 0 Å². The van der Waals surface area contributed by atoms with E-state index in [0.29, 0.717) is 12.1 Å². The van der Waals surface area contributed by atoms with Gasteiger partial charge in [0.1, 0.15) is 5.82 Å². The molecule has 0 radical (unpaired) electrons. The molecule has 3 aromatic rings. The highest BCUT2D eigenvalue weighted by Crippen LogP contribution is 2.32. The molecule has 2 atom stereocenters. The van der Waals surface area contributed by atoms with E-state index in [2.05, 4.69) is 15.1 Å². The van der Waals surface area contributed by atoms with E-state index in [-0.39, 0.29) is 18.1 Å². The number of hydrogen-bond donors (Lipinski definition) is 1. The fraction of sp³-hybridized carbons (Fsp3) is 0.278. The van der Waals surface area contributed by atoms with Crippen LogP contribution in [-0.2, 0) is 4.74 Å². The summed E-state index contributed by atoms with van der Waals surface area (Å²) in [4.78, 5) is 22.3. The van der Waals surface area contributed by atoms with Crippen LogP contribution in [0.5, 0.6) is 0 Å². The number of likely N-dealkylation sites (tertiary alicyclic amines) is 1. The van der Waals surface area contributed by atoms with Gasteiger partial charge in [0.05, 0.1) is 29.6 Å². The Hall–Kier alpha value is -2.93. The quantitative estimate of drug-likeness (QED) is 0.792. The number of nitrogens with zero attached hydrogens (tertiary/aromatic N) is 4. The van der Waals surface area contributed by atoms with E-state index in [9.17, 15) is 4.79 Å². The average molecular weight is 337 g/mol. The summed E-state index contributed by atoms with van der Waals surface area (Å²) in [5, 5.41) is 4.32. The first-order valence-electron chi connectivity index (χ1n) is 8.19. The summed E-state index contributed by atoms with van der Waals surface area (Å²) < 4.78 is 7.18. The van der Waals surface area contributed by atoms with Crippen LogP contribution in [0.2, 0.25) is 0 Å². The first-order valence-corrected chi connectivity index (χ1v) is 8.19. The number of benzene rings is 1. The third kappa shape index (κ3) is 2.94. The molecule has 128 valence electrons. The summed E-state index contributed by atoms with van der Waals surface area (Å²) in [6.07, 6.45) is 7.56. The second-order valence-electron chi connectivity index (χ2n) is 6.05. The number of para-hydroxylation sites is 1. The van der Waals surface area contributed by atoms with Gasteiger partial charge < -0.3 is 14.6 Å². The lowest BCUT2D eigenvalue weighted by molar-refractivity contribution is 0.0684. The first-order chi connectivity index (χ1) is 12.3. The molecule has 4 rings (SSSR count). The van der Waals surface area contributed by atoms with Gasteiger partial charge in [0.25, 0.3) is 5.91 Å². The van der Waals surface area contributed by atoms with Gasteiger partial charge in [-0.15, -0.1) is 0 Å². The van der Waals surface area contributed by atoms with E-state index in [1.54, 1.807) is 41.5 Å². The number of carbonyl (C=O) groups is 1. The Kier molecular flexibility index (Phi) is 4.07. The second-order valence-corrected chi connectivity index (χ2v) is 6.05. The summed E-state index contributed by atoms with van der Waals surface area (Å²) in [7, 11) is 1.67. The van der Waals surface area contributed by atoms with Gasteiger partial charge in [-0.25, -0.2) is 9.67 Å². The molecule has 1 fully saturated rings. The van der Waals surface area contributed by atoms with Gasteiger partial charge in [-0.3, -0.25) is 4.79 Å². The van der Waals surface area contributed by atoms with Crippen molar-refractivity contribution < 1.29 is 9.53 Å². The minimum Gasteiger partial charge on any atom is -0.380 e. The van der Waals surface area contributed by atoms with Crippen LogP contribution in [-0.4, -0.2) is 50.3 Å². The van der Waals surface area contributed by atoms with E-state index in [0.717, 1.165) is 17.9 Å². The molecule has 0 spiro atoms. The molecule has 1 saturated heterocycles. The lowest BCUT2D eigenvalue weighted by Crippen LogP contribution is -2.32. The zero-order valence-corrected chi connectivity index (χ0v) is 13.9. The molecule has 1 unspecified atom stereocenters. The zero-order chi connectivity index (χ0) is 17.2. The number of aromatic amines is 1. The van der Waals surface area contributed by atoms with E-state index in [4.69, 9.17) is 4.74 Å². The summed E-state index contributed by atoms with van der Waals surface area (Å²) in [5.74, 6) is 0.714. The maximum absolute atomic E-state index is 13.0. The van der Waals surface area contributed by atoms with Crippen molar-refractivity contribution in [3.63, 3.8) is 0 Å². The van der Waals surface area contributed by atoms with Gasteiger partial charge >= 0.3 is 0 Å². The number of carbonyl (C=O) groups excluding carboxylic acids is 1. The minimum absolute atomic E-state index is 0.00298. The van der Waals surface area contributed by atoms with E-state index in [1.165, 1.54) is 0 Å². The molecule has 1 N–H and O–H groups in total. The fourth-order valence-electron chi connectivity index (χ4n) is 3.23. The Morgan fingerprint density at radius 3 is 2.88 bits per heavy atom. The number of rotatable bonds is 4. The summed E-state index contributed by atoms with van der Waals surface area (Å²) in [6, 6.07) is 9.60. The van der Waals surface area contributed by atoms with Crippen molar-refractivity contribution in [1.82, 2.24) is 24.6 Å². The monoisotopic (exact) mass is 337 g/mol. The van der Waals surface area contributed by atoms with E-state index < -0.39 is 0 Å². The van der Waals surface area contributed by atoms with Crippen LogP contribution in [0.25, 0.3) is 5.69 Å². The molecule has 0 saturated carbocycles. The number of nitrogens with one attached hydrogen (secondary N) is 1. The highest BCUT2D eigenvalue weighted by molar-refractivity contribution is 5.94. The van der Waals surface area contributed by atoms with Gasteiger partial charge in [-0.1, -0.05) is 18.2 Å². The fourth-order valence-corrected chi connectivity index (χ4v) is 3.23. The average Bonchev–Trinajstić information content (AvgIpc) is 3.41. The molecule has 7 heteroatoms. The van der Waals surface area contributed by atoms with Gasteiger partial charge in [-0.05, 0) is 12.1 Å². The Morgan fingerprint density at radius 2 is 2.16 bits per heavy atom. The molecule has 2 aromatic heterocycles. The highest BCUT2D eigenvalue weighted by atomic mass is 16.5. The standard InChI is InChI=1S/C18H19N5O2/c1-25-15-9-16(17-19-7-8-20-17)22(12-15)18(24)13-10-21-23(11-13)14-5-3-2-4-6-14/h2-8,10-11,15-16H,9,12H2,1H3,(H,19,20)/t15-,16?/m1/s1. The van der Waals surface area contributed by atoms with Crippen molar-refractivity contribution >= 4 is 5.91 Å². The lowest BCUT2D eigenvalue weighted by Gasteiger charge is -2.22. The number of hydrogen-bond acceptors (Lipinski definition) is 4. The molecule has 1 aliphatic rings. The zero-order valence-electron chi connectivity index (χ0n) is 13.9. The predicted molar refractivity (Wildman–Crippen MR) is 91.3 cm³/mol. The third-order valence-corrected chi connectivity index (χ3v) is 4.54. The number of amides is 1. The van der Waals surface area contributed by atoms with Crippen molar-refractivity contribution in [2.75, 3.05) is 13.7 Å². The lowest BCUT2D eigenvalue weighted by atomic mass is 10.2. The van der Waals surface area contributed by atoms with Crippen molar-refractivity contribution in [2.24, 2.45) is 0 Å². The van der Waals surface area contributed by atoms with Crippen LogP contribution in [0.15, 0.2) is 55.1 Å². The number of aromatic nitrogens is 4. The third-order valence-electron chi connectivity index (χ3n) is 4.54. The van der Waals surface area contributed by atoms with E-state index in [1.807, 2.05) is 30.3 Å². The van der Waals surface area contributed by atoms with Crippen LogP contribution in [0.1, 0.15) is 28.6 Å². The number of methoxy groups -OCH3 is 1. The van der Waals surface area contributed by atoms with Crippen LogP contribution < -0.4 is 0 Å². The van der Waals surface area contributed by atoms with Crippen molar-refractivity contribution in [2.45, 2.75) is 18.6 Å². The first kappa shape index (κ1) is 15.6. The second kappa shape index (κ2) is 6.52. The Balaban J connectivity index is 1.60. The smallest absolute Gasteiger partial charge is 0.257 e. The maximum Gasteiger partial charge on any atom is 0.257 e. The van der Waals surface area contributed by atoms with E-state index >= 15 is 0 Å². The molecule has 0 aliphatic carbocycles. The predicted octanol–water partition coefficient (Wildman–Crippen LogP) is 2.20. The summed E-state index contributed by atoms with van der Waals surface area (Å²) >= 11 is 0. The summed E-state index contributed by atoms with van der Waals surface area (Å²) in [6.45, 7) is 0.539. The van der Waals surface area contributed by atoms with Gasteiger partial charge in [-0.2, -0.15) is 5.10 Å². The maximum atomic E-state index is 13.0. The number of H-pyrrole nitrogens is 1. The number of ether oxygens (including phenoxy) is 1. The molecule has 1 amide bonds. The number of imidazole rings is 1. The van der Waals surface area contributed by atoms with Crippen LogP contribution in [0.4, 0.5) is 0 Å². The van der Waals surface area contributed by atoms with Crippen LogP contribution >= 0.6 is 0 Å². The van der Waals surface area contributed by atoms with Gasteiger partial charge in [0.2, 0.25) is 0 Å². The molecule has 1 aromatic carbocycles. The molecule has 7 nitrogen and oxygen atoms in total. The normalized spacial score (nSPS) is 20.1. The Labute approximate surface area is 145 Å². The van der Waals surface area contributed by atoms with Crippen molar-refractivity contribution in [3.8, 4) is 5.69 Å². The van der Waals surface area contributed by atoms with Gasteiger partial charge in [0.15, 0.2) is 0 Å². The Bertz CT molecular complexity index is 844. The topological polar surface area (TPSA) is 76.0 Å². The van der Waals surface area contributed by atoms with Gasteiger partial charge in [0, 0.05) is 38.7 Å². The molecule has 1 aliphatic heterocycles. The Morgan fingerprint density at radius 1 is 1.32 bits per heavy atom. The van der Waals surface area contributed by atoms with Crippen molar-refractivity contribution in [1.29, 1.82) is 0 Å². The largest absolute Gasteiger partial charge is 0.380 e.